The molecule has 4 amide bonds. The SMILES string of the molecule is Cc1ccc([C@]2(C)NC(=O)N(CC(=O)Nc3ccc(Cl)cc3F)C2=O)cc1. The number of benzene rings is 2. The smallest absolute Gasteiger partial charge is 0.322 e. The van der Waals surface area contributed by atoms with Crippen molar-refractivity contribution in [3.8, 4) is 0 Å². The topological polar surface area (TPSA) is 78.5 Å². The van der Waals surface area contributed by atoms with Crippen molar-refractivity contribution in [2.75, 3.05) is 11.9 Å². The quantitative estimate of drug-likeness (QED) is 0.788. The molecule has 0 spiro atoms. The molecule has 1 aliphatic rings. The zero-order valence-corrected chi connectivity index (χ0v) is 15.4. The van der Waals surface area contributed by atoms with Crippen LogP contribution in [0.5, 0.6) is 0 Å². The lowest BCUT2D eigenvalue weighted by atomic mass is 9.91. The Kier molecular flexibility index (Phi) is 4.89. The van der Waals surface area contributed by atoms with Gasteiger partial charge in [-0.3, -0.25) is 14.5 Å². The van der Waals surface area contributed by atoms with Crippen molar-refractivity contribution in [1.29, 1.82) is 0 Å². The third kappa shape index (κ3) is 3.64. The number of halogens is 2. The van der Waals surface area contributed by atoms with E-state index in [1.165, 1.54) is 12.1 Å². The van der Waals surface area contributed by atoms with Gasteiger partial charge in [0, 0.05) is 5.02 Å². The van der Waals surface area contributed by atoms with Gasteiger partial charge in [0.1, 0.15) is 17.9 Å². The molecule has 3 rings (SSSR count). The van der Waals surface area contributed by atoms with Crippen molar-refractivity contribution in [1.82, 2.24) is 10.2 Å². The molecule has 2 aromatic rings. The first-order valence-electron chi connectivity index (χ1n) is 8.17. The summed E-state index contributed by atoms with van der Waals surface area (Å²) in [7, 11) is 0. The molecule has 1 aliphatic heterocycles. The Morgan fingerprint density at radius 3 is 2.52 bits per heavy atom. The van der Waals surface area contributed by atoms with Crippen LogP contribution in [0.15, 0.2) is 42.5 Å². The molecule has 0 aromatic heterocycles. The maximum absolute atomic E-state index is 13.8. The van der Waals surface area contributed by atoms with Gasteiger partial charge in [-0.15, -0.1) is 0 Å². The van der Waals surface area contributed by atoms with Gasteiger partial charge in [-0.1, -0.05) is 41.4 Å². The number of carbonyl (C=O) groups is 3. The fourth-order valence-corrected chi connectivity index (χ4v) is 3.01. The second-order valence-electron chi connectivity index (χ2n) is 6.48. The summed E-state index contributed by atoms with van der Waals surface area (Å²) in [5.74, 6) is -1.96. The monoisotopic (exact) mass is 389 g/mol. The highest BCUT2D eigenvalue weighted by atomic mass is 35.5. The summed E-state index contributed by atoms with van der Waals surface area (Å²) in [6, 6.07) is 10.3. The molecular formula is C19H17ClFN3O3. The lowest BCUT2D eigenvalue weighted by Gasteiger charge is -2.22. The predicted molar refractivity (Wildman–Crippen MR) is 98.8 cm³/mol. The number of carbonyl (C=O) groups excluding carboxylic acids is 3. The fourth-order valence-electron chi connectivity index (χ4n) is 2.85. The molecule has 2 aromatic carbocycles. The van der Waals surface area contributed by atoms with Crippen molar-refractivity contribution in [2.24, 2.45) is 0 Å². The summed E-state index contributed by atoms with van der Waals surface area (Å²) in [4.78, 5) is 38.1. The van der Waals surface area contributed by atoms with E-state index in [1.807, 2.05) is 19.1 Å². The van der Waals surface area contributed by atoms with Gasteiger partial charge in [0.25, 0.3) is 5.91 Å². The average molecular weight is 390 g/mol. The van der Waals surface area contributed by atoms with E-state index in [1.54, 1.807) is 19.1 Å². The number of hydrogen-bond acceptors (Lipinski definition) is 3. The van der Waals surface area contributed by atoms with Gasteiger partial charge in [0.05, 0.1) is 5.69 Å². The normalized spacial score (nSPS) is 19.2. The van der Waals surface area contributed by atoms with E-state index in [9.17, 15) is 18.8 Å². The van der Waals surface area contributed by atoms with Crippen LogP contribution in [-0.4, -0.2) is 29.3 Å². The highest BCUT2D eigenvalue weighted by Crippen LogP contribution is 2.29. The van der Waals surface area contributed by atoms with Crippen molar-refractivity contribution in [2.45, 2.75) is 19.4 Å². The van der Waals surface area contributed by atoms with Crippen LogP contribution in [-0.2, 0) is 15.1 Å². The number of rotatable bonds is 4. The third-order valence-electron chi connectivity index (χ3n) is 4.41. The van der Waals surface area contributed by atoms with Crippen molar-refractivity contribution < 1.29 is 18.8 Å². The van der Waals surface area contributed by atoms with Gasteiger partial charge < -0.3 is 10.6 Å². The number of nitrogens with one attached hydrogen (secondary N) is 2. The molecule has 0 aliphatic carbocycles. The molecule has 2 N–H and O–H groups in total. The van der Waals surface area contributed by atoms with E-state index in [4.69, 9.17) is 11.6 Å². The van der Waals surface area contributed by atoms with Gasteiger partial charge >= 0.3 is 6.03 Å². The fraction of sp³-hybridized carbons (Fsp3) is 0.211. The van der Waals surface area contributed by atoms with Crippen molar-refractivity contribution >= 4 is 35.1 Å². The predicted octanol–water partition coefficient (Wildman–Crippen LogP) is 3.19. The minimum atomic E-state index is -1.27. The largest absolute Gasteiger partial charge is 0.325 e. The number of anilines is 1. The van der Waals surface area contributed by atoms with Crippen molar-refractivity contribution in [3.63, 3.8) is 0 Å². The summed E-state index contributed by atoms with van der Waals surface area (Å²) in [6.45, 7) is 2.95. The van der Waals surface area contributed by atoms with E-state index in [2.05, 4.69) is 10.6 Å². The zero-order chi connectivity index (χ0) is 19.8. The number of amides is 4. The molecular weight excluding hydrogens is 373 g/mol. The number of imide groups is 1. The van der Waals surface area contributed by atoms with Crippen LogP contribution in [0.4, 0.5) is 14.9 Å². The molecule has 6 nitrogen and oxygen atoms in total. The molecule has 0 unspecified atom stereocenters. The van der Waals surface area contributed by atoms with Gasteiger partial charge in [-0.25, -0.2) is 9.18 Å². The lowest BCUT2D eigenvalue weighted by molar-refractivity contribution is -0.133. The Hall–Kier alpha value is -2.93. The van der Waals surface area contributed by atoms with E-state index >= 15 is 0 Å². The van der Waals surface area contributed by atoms with Gasteiger partial charge in [0.2, 0.25) is 5.91 Å². The first-order chi connectivity index (χ1) is 12.7. The molecule has 0 bridgehead atoms. The van der Waals surface area contributed by atoms with Crippen molar-refractivity contribution in [3.05, 3.63) is 64.4 Å². The zero-order valence-electron chi connectivity index (χ0n) is 14.7. The first kappa shape index (κ1) is 18.8. The molecule has 1 fully saturated rings. The summed E-state index contributed by atoms with van der Waals surface area (Å²) in [5, 5.41) is 5.14. The van der Waals surface area contributed by atoms with E-state index in [0.717, 1.165) is 16.5 Å². The molecule has 1 saturated heterocycles. The van der Waals surface area contributed by atoms with Crippen LogP contribution in [0.3, 0.4) is 0 Å². The lowest BCUT2D eigenvalue weighted by Crippen LogP contribution is -2.42. The molecule has 0 saturated carbocycles. The summed E-state index contributed by atoms with van der Waals surface area (Å²) in [6.07, 6.45) is 0. The minimum absolute atomic E-state index is 0.0854. The summed E-state index contributed by atoms with van der Waals surface area (Å²) >= 11 is 5.67. The maximum Gasteiger partial charge on any atom is 0.325 e. The molecule has 140 valence electrons. The summed E-state index contributed by atoms with van der Waals surface area (Å²) in [5.41, 5.74) is 0.271. The van der Waals surface area contributed by atoms with Crippen LogP contribution in [0.2, 0.25) is 5.02 Å². The van der Waals surface area contributed by atoms with Gasteiger partial charge in [-0.05, 0) is 37.6 Å². The second kappa shape index (κ2) is 7.00. The Balaban J connectivity index is 1.75. The van der Waals surface area contributed by atoms with E-state index < -0.39 is 35.7 Å². The van der Waals surface area contributed by atoms with Crippen LogP contribution >= 0.6 is 11.6 Å². The number of urea groups is 1. The highest BCUT2D eigenvalue weighted by molar-refractivity contribution is 6.30. The minimum Gasteiger partial charge on any atom is -0.322 e. The first-order valence-corrected chi connectivity index (χ1v) is 8.54. The Morgan fingerprint density at radius 2 is 1.89 bits per heavy atom. The average Bonchev–Trinajstić information content (AvgIpc) is 2.82. The van der Waals surface area contributed by atoms with E-state index in [0.29, 0.717) is 5.56 Å². The second-order valence-corrected chi connectivity index (χ2v) is 6.92. The number of aryl methyl sites for hydroxylation is 1. The Bertz CT molecular complexity index is 932. The van der Waals surface area contributed by atoms with Gasteiger partial charge in [-0.2, -0.15) is 0 Å². The molecule has 8 heteroatoms. The number of nitrogens with zero attached hydrogens (tertiary/aromatic N) is 1. The molecule has 27 heavy (non-hydrogen) atoms. The Morgan fingerprint density at radius 1 is 1.22 bits per heavy atom. The van der Waals surface area contributed by atoms with E-state index in [-0.39, 0.29) is 10.7 Å². The molecule has 0 radical (unpaired) electrons. The van der Waals surface area contributed by atoms with Gasteiger partial charge in [0.15, 0.2) is 0 Å². The maximum atomic E-state index is 13.8. The third-order valence-corrected chi connectivity index (χ3v) is 4.65. The van der Waals surface area contributed by atoms with Crippen LogP contribution in [0.25, 0.3) is 0 Å². The summed E-state index contributed by atoms with van der Waals surface area (Å²) < 4.78 is 13.8. The highest BCUT2D eigenvalue weighted by Gasteiger charge is 2.49. The van der Waals surface area contributed by atoms with Crippen LogP contribution in [0.1, 0.15) is 18.1 Å². The Labute approximate surface area is 160 Å². The molecule has 1 heterocycles. The standard InChI is InChI=1S/C19H17ClFN3O3/c1-11-3-5-12(6-4-11)19(2)17(26)24(18(27)23-19)10-16(25)22-15-8-7-13(20)9-14(15)21/h3-9H,10H2,1-2H3,(H,22,25)(H,23,27)/t19-/m0/s1. The molecule has 1 atom stereocenters. The number of hydrogen-bond donors (Lipinski definition) is 2. The van der Waals surface area contributed by atoms with Crippen LogP contribution in [0, 0.1) is 12.7 Å². The van der Waals surface area contributed by atoms with Crippen LogP contribution < -0.4 is 10.6 Å².